The minimum atomic E-state index is 0.413. The first kappa shape index (κ1) is 16.7. The Bertz CT molecular complexity index is 378. The van der Waals surface area contributed by atoms with E-state index in [-0.39, 0.29) is 0 Å². The van der Waals surface area contributed by atoms with Gasteiger partial charge in [0.15, 0.2) is 0 Å². The van der Waals surface area contributed by atoms with Crippen molar-refractivity contribution in [2.45, 2.75) is 13.0 Å². The fraction of sp³-hybridized carbons (Fsp3) is 0.615. The minimum absolute atomic E-state index is 0.413. The van der Waals surface area contributed by atoms with E-state index in [4.69, 9.17) is 32.7 Å². The molecule has 0 saturated carbocycles. The van der Waals surface area contributed by atoms with Crippen molar-refractivity contribution in [3.8, 4) is 0 Å². The SMILES string of the molecule is COCCCN(CCOC)Cc1cnc(Cl)cc1Cl. The van der Waals surface area contributed by atoms with Crippen molar-refractivity contribution in [3.05, 3.63) is 28.0 Å². The molecule has 0 spiro atoms. The van der Waals surface area contributed by atoms with Crippen molar-refractivity contribution in [1.82, 2.24) is 9.88 Å². The fourth-order valence-electron chi connectivity index (χ4n) is 1.72. The van der Waals surface area contributed by atoms with Crippen LogP contribution in [0.4, 0.5) is 0 Å². The average Bonchev–Trinajstić information content (AvgIpc) is 2.39. The predicted octanol–water partition coefficient (Wildman–Crippen LogP) is 2.87. The lowest BCUT2D eigenvalue weighted by Gasteiger charge is -2.22. The van der Waals surface area contributed by atoms with E-state index < -0.39 is 0 Å². The molecule has 1 aromatic rings. The van der Waals surface area contributed by atoms with Gasteiger partial charge >= 0.3 is 0 Å². The average molecular weight is 307 g/mol. The first-order valence-corrected chi connectivity index (χ1v) is 6.93. The monoisotopic (exact) mass is 306 g/mol. The van der Waals surface area contributed by atoms with Gasteiger partial charge in [0.05, 0.1) is 6.61 Å². The van der Waals surface area contributed by atoms with Crippen molar-refractivity contribution in [2.24, 2.45) is 0 Å². The molecule has 0 aliphatic rings. The number of hydrogen-bond acceptors (Lipinski definition) is 4. The molecule has 0 N–H and O–H groups in total. The van der Waals surface area contributed by atoms with Crippen LogP contribution in [-0.2, 0) is 16.0 Å². The maximum Gasteiger partial charge on any atom is 0.130 e. The highest BCUT2D eigenvalue weighted by atomic mass is 35.5. The zero-order chi connectivity index (χ0) is 14.1. The number of aromatic nitrogens is 1. The summed E-state index contributed by atoms with van der Waals surface area (Å²) >= 11 is 12.0. The van der Waals surface area contributed by atoms with Crippen LogP contribution in [0.3, 0.4) is 0 Å². The maximum atomic E-state index is 6.16. The van der Waals surface area contributed by atoms with Gasteiger partial charge in [-0.15, -0.1) is 0 Å². The molecule has 0 radical (unpaired) electrons. The standard InChI is InChI=1S/C13H20Cl2N2O2/c1-18-6-3-4-17(5-7-19-2)10-11-9-16-13(15)8-12(11)14/h8-9H,3-7,10H2,1-2H3. The van der Waals surface area contributed by atoms with Crippen LogP contribution >= 0.6 is 23.2 Å². The molecule has 0 unspecified atom stereocenters. The van der Waals surface area contributed by atoms with E-state index >= 15 is 0 Å². The normalized spacial score (nSPS) is 11.2. The number of rotatable bonds is 9. The molecule has 0 aliphatic heterocycles. The smallest absolute Gasteiger partial charge is 0.130 e. The summed E-state index contributed by atoms with van der Waals surface area (Å²) in [7, 11) is 3.41. The zero-order valence-electron chi connectivity index (χ0n) is 11.4. The topological polar surface area (TPSA) is 34.6 Å². The third-order valence-corrected chi connectivity index (χ3v) is 3.28. The fourth-order valence-corrected chi connectivity index (χ4v) is 2.14. The van der Waals surface area contributed by atoms with E-state index in [0.717, 1.165) is 38.2 Å². The predicted molar refractivity (Wildman–Crippen MR) is 77.9 cm³/mol. The Morgan fingerprint density at radius 2 is 1.89 bits per heavy atom. The number of pyridine rings is 1. The molecule has 6 heteroatoms. The highest BCUT2D eigenvalue weighted by molar-refractivity contribution is 6.34. The van der Waals surface area contributed by atoms with E-state index in [1.54, 1.807) is 26.5 Å². The summed E-state index contributed by atoms with van der Waals surface area (Å²) in [5, 5.41) is 1.06. The Labute approximate surface area is 124 Å². The molecular formula is C13H20Cl2N2O2. The Morgan fingerprint density at radius 1 is 1.16 bits per heavy atom. The van der Waals surface area contributed by atoms with Gasteiger partial charge in [-0.2, -0.15) is 0 Å². The van der Waals surface area contributed by atoms with Crippen LogP contribution in [0.1, 0.15) is 12.0 Å². The highest BCUT2D eigenvalue weighted by Crippen LogP contribution is 2.20. The number of methoxy groups -OCH3 is 2. The van der Waals surface area contributed by atoms with Crippen LogP contribution in [0.5, 0.6) is 0 Å². The Hall–Kier alpha value is -0.390. The molecule has 0 aromatic carbocycles. The summed E-state index contributed by atoms with van der Waals surface area (Å²) in [5.74, 6) is 0. The Kier molecular flexibility index (Phi) is 8.34. The summed E-state index contributed by atoms with van der Waals surface area (Å²) in [4.78, 5) is 6.33. The summed E-state index contributed by atoms with van der Waals surface area (Å²) < 4.78 is 10.2. The second-order valence-corrected chi connectivity index (χ2v) is 5.01. The van der Waals surface area contributed by atoms with Gasteiger partial charge in [0.1, 0.15) is 5.15 Å². The third kappa shape index (κ3) is 6.54. The number of ether oxygens (including phenoxy) is 2. The molecule has 0 bridgehead atoms. The molecule has 0 saturated heterocycles. The molecule has 1 heterocycles. The lowest BCUT2D eigenvalue weighted by atomic mass is 10.2. The highest BCUT2D eigenvalue weighted by Gasteiger charge is 2.09. The summed E-state index contributed by atoms with van der Waals surface area (Å²) in [6.07, 6.45) is 2.69. The molecule has 4 nitrogen and oxygen atoms in total. The van der Waals surface area contributed by atoms with Crippen LogP contribution in [-0.4, -0.2) is 50.4 Å². The van der Waals surface area contributed by atoms with Crippen LogP contribution in [0.25, 0.3) is 0 Å². The second kappa shape index (κ2) is 9.50. The largest absolute Gasteiger partial charge is 0.385 e. The first-order valence-electron chi connectivity index (χ1n) is 6.17. The maximum absolute atomic E-state index is 6.16. The molecule has 1 aromatic heterocycles. The van der Waals surface area contributed by atoms with E-state index in [9.17, 15) is 0 Å². The van der Waals surface area contributed by atoms with Gasteiger partial charge in [-0.3, -0.25) is 4.90 Å². The number of hydrogen-bond donors (Lipinski definition) is 0. The zero-order valence-corrected chi connectivity index (χ0v) is 12.9. The van der Waals surface area contributed by atoms with Crippen molar-refractivity contribution in [3.63, 3.8) is 0 Å². The van der Waals surface area contributed by atoms with Gasteiger partial charge in [0.2, 0.25) is 0 Å². The van der Waals surface area contributed by atoms with E-state index in [2.05, 4.69) is 9.88 Å². The molecule has 19 heavy (non-hydrogen) atoms. The van der Waals surface area contributed by atoms with Gasteiger partial charge < -0.3 is 9.47 Å². The molecular weight excluding hydrogens is 287 g/mol. The Morgan fingerprint density at radius 3 is 2.53 bits per heavy atom. The van der Waals surface area contributed by atoms with Gasteiger partial charge in [-0.25, -0.2) is 4.98 Å². The van der Waals surface area contributed by atoms with Crippen molar-refractivity contribution < 1.29 is 9.47 Å². The van der Waals surface area contributed by atoms with Crippen LogP contribution in [0.15, 0.2) is 12.3 Å². The first-order chi connectivity index (χ1) is 9.17. The molecule has 0 fully saturated rings. The quantitative estimate of drug-likeness (QED) is 0.519. The Balaban J connectivity index is 2.58. The van der Waals surface area contributed by atoms with Gasteiger partial charge in [-0.1, -0.05) is 23.2 Å². The van der Waals surface area contributed by atoms with E-state index in [1.165, 1.54) is 0 Å². The minimum Gasteiger partial charge on any atom is -0.385 e. The molecule has 0 atom stereocenters. The van der Waals surface area contributed by atoms with Crippen LogP contribution in [0, 0.1) is 0 Å². The number of nitrogens with zero attached hydrogens (tertiary/aromatic N) is 2. The third-order valence-electron chi connectivity index (χ3n) is 2.72. The van der Waals surface area contributed by atoms with E-state index in [1.807, 2.05) is 0 Å². The molecule has 0 amide bonds. The van der Waals surface area contributed by atoms with Crippen molar-refractivity contribution >= 4 is 23.2 Å². The molecule has 0 aliphatic carbocycles. The summed E-state index contributed by atoms with van der Waals surface area (Å²) in [6, 6.07) is 1.67. The second-order valence-electron chi connectivity index (χ2n) is 4.21. The lowest BCUT2D eigenvalue weighted by Crippen LogP contribution is -2.29. The van der Waals surface area contributed by atoms with Gasteiger partial charge in [-0.05, 0) is 12.5 Å². The van der Waals surface area contributed by atoms with Gasteiger partial charge in [0.25, 0.3) is 0 Å². The van der Waals surface area contributed by atoms with Crippen molar-refractivity contribution in [1.29, 1.82) is 0 Å². The van der Waals surface area contributed by atoms with Gasteiger partial charge in [0, 0.05) is 57.2 Å². The van der Waals surface area contributed by atoms with Crippen LogP contribution < -0.4 is 0 Å². The summed E-state index contributed by atoms with van der Waals surface area (Å²) in [6.45, 7) is 3.94. The van der Waals surface area contributed by atoms with Crippen LogP contribution in [0.2, 0.25) is 10.2 Å². The summed E-state index contributed by atoms with van der Waals surface area (Å²) in [5.41, 5.74) is 0.972. The molecule has 108 valence electrons. The molecule has 1 rings (SSSR count). The number of halogens is 2. The lowest BCUT2D eigenvalue weighted by molar-refractivity contribution is 0.129. The van der Waals surface area contributed by atoms with Crippen molar-refractivity contribution in [2.75, 3.05) is 40.5 Å². The van der Waals surface area contributed by atoms with E-state index in [0.29, 0.717) is 16.8 Å².